The van der Waals surface area contributed by atoms with Crippen LogP contribution in [0.2, 0.25) is 0 Å². The molecular weight excluding hydrogens is 378 g/mol. The number of hydrogen-bond acceptors (Lipinski definition) is 7. The number of carbonyl (C=O) groups is 2. The molecule has 0 radical (unpaired) electrons. The Morgan fingerprint density at radius 2 is 1.86 bits per heavy atom. The molecule has 0 aromatic heterocycles. The zero-order valence-electron chi connectivity index (χ0n) is 16.3. The second kappa shape index (κ2) is 10.8. The Morgan fingerprint density at radius 1 is 1.14 bits per heavy atom. The number of nitrogens with zero attached hydrogens (tertiary/aromatic N) is 2. The summed E-state index contributed by atoms with van der Waals surface area (Å²) in [5, 5.41) is 13.6. The molecule has 0 fully saturated rings. The summed E-state index contributed by atoms with van der Waals surface area (Å²) in [4.78, 5) is 36.4. The molecule has 0 aliphatic carbocycles. The first-order valence-corrected chi connectivity index (χ1v) is 8.97. The van der Waals surface area contributed by atoms with Gasteiger partial charge in [0.05, 0.1) is 43.5 Å². The van der Waals surface area contributed by atoms with E-state index < -0.39 is 16.8 Å². The van der Waals surface area contributed by atoms with Crippen molar-refractivity contribution in [3.63, 3.8) is 0 Å². The van der Waals surface area contributed by atoms with Crippen LogP contribution in [0.15, 0.2) is 48.5 Å². The van der Waals surface area contributed by atoms with Gasteiger partial charge in [0.1, 0.15) is 5.75 Å². The van der Waals surface area contributed by atoms with E-state index >= 15 is 0 Å². The number of carbonyl (C=O) groups excluding carboxylic acids is 2. The summed E-state index contributed by atoms with van der Waals surface area (Å²) in [5.41, 5.74) is 1.10. The van der Waals surface area contributed by atoms with Gasteiger partial charge in [-0.25, -0.2) is 0 Å². The van der Waals surface area contributed by atoms with Gasteiger partial charge in [-0.3, -0.25) is 24.6 Å². The summed E-state index contributed by atoms with van der Waals surface area (Å²) in [6.45, 7) is 2.23. The second-order valence-corrected chi connectivity index (χ2v) is 6.13. The minimum Gasteiger partial charge on any atom is -0.494 e. The molecule has 0 heterocycles. The minimum atomic E-state index is -0.547. The summed E-state index contributed by atoms with van der Waals surface area (Å²) in [7, 11) is 1.36. The third-order valence-corrected chi connectivity index (χ3v) is 3.94. The maximum Gasteiger partial charge on any atom is 0.320 e. The van der Waals surface area contributed by atoms with Crippen molar-refractivity contribution in [2.45, 2.75) is 13.5 Å². The van der Waals surface area contributed by atoms with Crippen molar-refractivity contribution in [1.82, 2.24) is 4.90 Å². The number of benzene rings is 2. The van der Waals surface area contributed by atoms with Crippen LogP contribution in [0.25, 0.3) is 0 Å². The number of nitro benzene ring substituents is 1. The van der Waals surface area contributed by atoms with Gasteiger partial charge in [0, 0.05) is 12.6 Å². The number of hydrogen-bond donors (Lipinski definition) is 1. The molecule has 2 aromatic rings. The van der Waals surface area contributed by atoms with Crippen molar-refractivity contribution in [2.75, 3.05) is 32.1 Å². The van der Waals surface area contributed by atoms with E-state index in [-0.39, 0.29) is 31.1 Å². The van der Waals surface area contributed by atoms with Crippen molar-refractivity contribution in [1.29, 1.82) is 0 Å². The Hall–Kier alpha value is -3.46. The maximum atomic E-state index is 12.5. The molecule has 154 valence electrons. The highest BCUT2D eigenvalue weighted by molar-refractivity contribution is 5.94. The third kappa shape index (κ3) is 6.89. The quantitative estimate of drug-likeness (QED) is 0.370. The molecule has 9 nitrogen and oxygen atoms in total. The van der Waals surface area contributed by atoms with Crippen LogP contribution in [0.4, 0.5) is 11.4 Å². The lowest BCUT2D eigenvalue weighted by molar-refractivity contribution is -0.384. The maximum absolute atomic E-state index is 12.5. The van der Waals surface area contributed by atoms with Crippen LogP contribution < -0.4 is 10.1 Å². The van der Waals surface area contributed by atoms with Gasteiger partial charge in [0.25, 0.3) is 5.69 Å². The Kier molecular flexibility index (Phi) is 8.11. The first-order valence-electron chi connectivity index (χ1n) is 8.97. The Bertz CT molecular complexity index is 857. The zero-order valence-corrected chi connectivity index (χ0v) is 16.3. The lowest BCUT2D eigenvalue weighted by Gasteiger charge is -2.21. The molecule has 0 saturated heterocycles. The lowest BCUT2D eigenvalue weighted by Crippen LogP contribution is -2.37. The summed E-state index contributed by atoms with van der Waals surface area (Å²) in [6.07, 6.45) is 0. The summed E-state index contributed by atoms with van der Waals surface area (Å²) in [6, 6.07) is 13.3. The summed E-state index contributed by atoms with van der Waals surface area (Å²) in [5.74, 6) is -0.644. The molecule has 0 aliphatic rings. The van der Waals surface area contributed by atoms with Gasteiger partial charge in [-0.1, -0.05) is 30.3 Å². The fourth-order valence-electron chi connectivity index (χ4n) is 2.69. The highest BCUT2D eigenvalue weighted by Crippen LogP contribution is 2.28. The van der Waals surface area contributed by atoms with Crippen LogP contribution in [-0.2, 0) is 20.9 Å². The topological polar surface area (TPSA) is 111 Å². The fourth-order valence-corrected chi connectivity index (χ4v) is 2.69. The molecule has 1 N–H and O–H groups in total. The number of amides is 1. The highest BCUT2D eigenvalue weighted by Gasteiger charge is 2.18. The molecule has 0 saturated carbocycles. The van der Waals surface area contributed by atoms with E-state index in [1.165, 1.54) is 25.3 Å². The molecule has 0 unspecified atom stereocenters. The van der Waals surface area contributed by atoms with E-state index in [9.17, 15) is 19.7 Å². The van der Waals surface area contributed by atoms with Crippen LogP contribution in [0.5, 0.6) is 5.75 Å². The number of anilines is 1. The number of nitro groups is 1. The second-order valence-electron chi connectivity index (χ2n) is 6.13. The van der Waals surface area contributed by atoms with Gasteiger partial charge in [-0.2, -0.15) is 0 Å². The van der Waals surface area contributed by atoms with E-state index in [1.807, 2.05) is 30.3 Å². The first-order chi connectivity index (χ1) is 13.9. The normalized spacial score (nSPS) is 10.4. The van der Waals surface area contributed by atoms with Crippen molar-refractivity contribution >= 4 is 23.3 Å². The molecule has 0 spiro atoms. The van der Waals surface area contributed by atoms with Gasteiger partial charge in [0.15, 0.2) is 0 Å². The van der Waals surface area contributed by atoms with E-state index in [1.54, 1.807) is 11.8 Å². The van der Waals surface area contributed by atoms with Crippen LogP contribution >= 0.6 is 0 Å². The minimum absolute atomic E-state index is 0.0481. The molecule has 1 amide bonds. The van der Waals surface area contributed by atoms with Crippen LogP contribution in [0, 0.1) is 10.1 Å². The SMILES string of the molecule is CCOC(=O)CN(CC(=O)Nc1ccc([N+](=O)[O-])cc1OC)Cc1ccccc1. The van der Waals surface area contributed by atoms with E-state index in [2.05, 4.69) is 5.32 Å². The average Bonchev–Trinajstić information content (AvgIpc) is 2.68. The fraction of sp³-hybridized carbons (Fsp3) is 0.300. The standard InChI is InChI=1S/C20H23N3O6/c1-3-29-20(25)14-22(12-15-7-5-4-6-8-15)13-19(24)21-17-10-9-16(23(26)27)11-18(17)28-2/h4-11H,3,12-14H2,1-2H3,(H,21,24). The number of methoxy groups -OCH3 is 1. The van der Waals surface area contributed by atoms with Crippen LogP contribution in [-0.4, -0.2) is 48.5 Å². The van der Waals surface area contributed by atoms with Gasteiger partial charge in [-0.15, -0.1) is 0 Å². The van der Waals surface area contributed by atoms with E-state index in [4.69, 9.17) is 9.47 Å². The Morgan fingerprint density at radius 3 is 2.48 bits per heavy atom. The molecule has 0 bridgehead atoms. The van der Waals surface area contributed by atoms with E-state index in [0.717, 1.165) is 5.56 Å². The monoisotopic (exact) mass is 401 g/mol. The van der Waals surface area contributed by atoms with Crippen molar-refractivity contribution in [3.8, 4) is 5.75 Å². The zero-order chi connectivity index (χ0) is 21.2. The smallest absolute Gasteiger partial charge is 0.320 e. The molecule has 0 atom stereocenters. The molecule has 9 heteroatoms. The summed E-state index contributed by atoms with van der Waals surface area (Å²) < 4.78 is 10.1. The van der Waals surface area contributed by atoms with Crippen molar-refractivity contribution < 1.29 is 24.0 Å². The number of rotatable bonds is 10. The van der Waals surface area contributed by atoms with Crippen LogP contribution in [0.1, 0.15) is 12.5 Å². The van der Waals surface area contributed by atoms with Gasteiger partial charge < -0.3 is 14.8 Å². The molecule has 29 heavy (non-hydrogen) atoms. The summed E-state index contributed by atoms with van der Waals surface area (Å²) >= 11 is 0. The largest absolute Gasteiger partial charge is 0.494 e. The van der Waals surface area contributed by atoms with Crippen molar-refractivity contribution in [3.05, 3.63) is 64.2 Å². The molecular formula is C20H23N3O6. The number of nitrogens with one attached hydrogen (secondary N) is 1. The molecule has 2 aromatic carbocycles. The highest BCUT2D eigenvalue weighted by atomic mass is 16.6. The third-order valence-electron chi connectivity index (χ3n) is 3.94. The average molecular weight is 401 g/mol. The molecule has 2 rings (SSSR count). The van der Waals surface area contributed by atoms with Gasteiger partial charge in [-0.05, 0) is 18.6 Å². The van der Waals surface area contributed by atoms with Crippen LogP contribution in [0.3, 0.4) is 0 Å². The lowest BCUT2D eigenvalue weighted by atomic mass is 10.2. The number of esters is 1. The number of non-ortho nitro benzene ring substituents is 1. The van der Waals surface area contributed by atoms with E-state index in [0.29, 0.717) is 12.2 Å². The van der Waals surface area contributed by atoms with Gasteiger partial charge >= 0.3 is 5.97 Å². The first kappa shape index (κ1) is 21.8. The number of ether oxygens (including phenoxy) is 2. The Labute approximate surface area is 168 Å². The predicted octanol–water partition coefficient (Wildman–Crippen LogP) is 2.61. The van der Waals surface area contributed by atoms with Gasteiger partial charge in [0.2, 0.25) is 5.91 Å². The van der Waals surface area contributed by atoms with Crippen molar-refractivity contribution in [2.24, 2.45) is 0 Å². The predicted molar refractivity (Wildman–Crippen MR) is 107 cm³/mol. The Balaban J connectivity index is 2.10. The molecule has 0 aliphatic heterocycles.